The highest BCUT2D eigenvalue weighted by Gasteiger charge is 2.15. The van der Waals surface area contributed by atoms with E-state index in [0.29, 0.717) is 0 Å². The number of rotatable bonds is 5. The summed E-state index contributed by atoms with van der Waals surface area (Å²) in [6.07, 6.45) is 1.65. The molecule has 0 unspecified atom stereocenters. The third-order valence-corrected chi connectivity index (χ3v) is 2.59. The van der Waals surface area contributed by atoms with Crippen LogP contribution in [0.4, 0.5) is 0 Å². The number of benzene rings is 1. The molecule has 0 aliphatic rings. The predicted molar refractivity (Wildman–Crippen MR) is 65.9 cm³/mol. The molecule has 0 bridgehead atoms. The van der Waals surface area contributed by atoms with E-state index in [-0.39, 0.29) is 11.9 Å². The van der Waals surface area contributed by atoms with Crippen molar-refractivity contribution < 1.29 is 4.79 Å². The number of hydrogen-bond acceptors (Lipinski definition) is 2. The monoisotopic (exact) mass is 220 g/mol. The topological polar surface area (TPSA) is 55.1 Å². The summed E-state index contributed by atoms with van der Waals surface area (Å²) in [4.78, 5) is 11.7. The van der Waals surface area contributed by atoms with Gasteiger partial charge in [0.2, 0.25) is 5.91 Å². The molecule has 3 nitrogen and oxygen atoms in total. The lowest BCUT2D eigenvalue weighted by Gasteiger charge is -2.17. The Labute approximate surface area is 97.0 Å². The summed E-state index contributed by atoms with van der Waals surface area (Å²) >= 11 is 0. The first-order valence-corrected chi connectivity index (χ1v) is 5.76. The minimum absolute atomic E-state index is 0.0107. The van der Waals surface area contributed by atoms with Gasteiger partial charge in [0.25, 0.3) is 0 Å². The molecule has 1 rings (SSSR count). The number of nitrogens with two attached hydrogens (primary N) is 1. The van der Waals surface area contributed by atoms with Crippen LogP contribution in [0.3, 0.4) is 0 Å². The molecule has 0 radical (unpaired) electrons. The highest BCUT2D eigenvalue weighted by Crippen LogP contribution is 2.11. The summed E-state index contributed by atoms with van der Waals surface area (Å²) in [5.74, 6) is -0.0711. The van der Waals surface area contributed by atoms with Crippen molar-refractivity contribution in [1.29, 1.82) is 0 Å². The van der Waals surface area contributed by atoms with Gasteiger partial charge < -0.3 is 11.1 Å². The van der Waals surface area contributed by atoms with Gasteiger partial charge in [0, 0.05) is 0 Å². The first-order valence-electron chi connectivity index (χ1n) is 5.76. The third-order valence-electron chi connectivity index (χ3n) is 2.59. The van der Waals surface area contributed by atoms with E-state index in [2.05, 4.69) is 5.32 Å². The lowest BCUT2D eigenvalue weighted by atomic mass is 10.1. The Morgan fingerprint density at radius 3 is 2.56 bits per heavy atom. The van der Waals surface area contributed by atoms with E-state index in [4.69, 9.17) is 5.73 Å². The Morgan fingerprint density at radius 1 is 1.38 bits per heavy atom. The summed E-state index contributed by atoms with van der Waals surface area (Å²) in [6, 6.07) is 9.49. The molecule has 88 valence electrons. The summed E-state index contributed by atoms with van der Waals surface area (Å²) < 4.78 is 0. The second-order valence-corrected chi connectivity index (χ2v) is 4.04. The summed E-state index contributed by atoms with van der Waals surface area (Å²) in [6.45, 7) is 3.99. The van der Waals surface area contributed by atoms with Gasteiger partial charge >= 0.3 is 0 Å². The lowest BCUT2D eigenvalue weighted by molar-refractivity contribution is -0.123. The van der Waals surface area contributed by atoms with Crippen molar-refractivity contribution in [3.05, 3.63) is 35.9 Å². The smallest absolute Gasteiger partial charge is 0.237 e. The molecule has 0 spiro atoms. The van der Waals surface area contributed by atoms with Gasteiger partial charge in [-0.3, -0.25) is 4.79 Å². The van der Waals surface area contributed by atoms with Gasteiger partial charge in [0.15, 0.2) is 0 Å². The van der Waals surface area contributed by atoms with Crippen LogP contribution in [-0.2, 0) is 4.79 Å². The molecule has 0 heterocycles. The van der Waals surface area contributed by atoms with Gasteiger partial charge in [-0.2, -0.15) is 0 Å². The standard InChI is InChI=1S/C13H20N2O/c1-3-7-12(14)13(16)15-10(2)11-8-5-4-6-9-11/h4-6,8-10,12H,3,7,14H2,1-2H3,(H,15,16)/t10-,12-/m1/s1. The first-order chi connectivity index (χ1) is 7.65. The van der Waals surface area contributed by atoms with Crippen LogP contribution >= 0.6 is 0 Å². The average molecular weight is 220 g/mol. The highest BCUT2D eigenvalue weighted by atomic mass is 16.2. The van der Waals surface area contributed by atoms with Gasteiger partial charge in [-0.25, -0.2) is 0 Å². The molecule has 0 fully saturated rings. The predicted octanol–water partition coefficient (Wildman–Crippen LogP) is 1.99. The number of amides is 1. The molecule has 0 aliphatic heterocycles. The van der Waals surface area contributed by atoms with E-state index in [0.717, 1.165) is 18.4 Å². The third kappa shape index (κ3) is 3.66. The zero-order valence-corrected chi connectivity index (χ0v) is 9.94. The quantitative estimate of drug-likeness (QED) is 0.797. The lowest BCUT2D eigenvalue weighted by Crippen LogP contribution is -2.41. The van der Waals surface area contributed by atoms with Crippen molar-refractivity contribution in [2.75, 3.05) is 0 Å². The maximum absolute atomic E-state index is 11.7. The Hall–Kier alpha value is -1.35. The Kier molecular flexibility index (Phi) is 4.99. The Balaban J connectivity index is 2.51. The van der Waals surface area contributed by atoms with E-state index in [9.17, 15) is 4.79 Å². The van der Waals surface area contributed by atoms with Crippen LogP contribution in [0.2, 0.25) is 0 Å². The van der Waals surface area contributed by atoms with Crippen LogP contribution in [0.25, 0.3) is 0 Å². The maximum Gasteiger partial charge on any atom is 0.237 e. The van der Waals surface area contributed by atoms with Crippen molar-refractivity contribution in [3.63, 3.8) is 0 Å². The Morgan fingerprint density at radius 2 is 2.00 bits per heavy atom. The molecule has 3 heteroatoms. The molecule has 0 aromatic heterocycles. The van der Waals surface area contributed by atoms with E-state index in [1.54, 1.807) is 0 Å². The van der Waals surface area contributed by atoms with E-state index in [1.807, 2.05) is 44.2 Å². The molecule has 1 aromatic carbocycles. The maximum atomic E-state index is 11.7. The number of hydrogen-bond donors (Lipinski definition) is 2. The normalized spacial score (nSPS) is 14.2. The summed E-state index contributed by atoms with van der Waals surface area (Å²) in [5.41, 5.74) is 6.84. The minimum atomic E-state index is -0.392. The fraction of sp³-hybridized carbons (Fsp3) is 0.462. The largest absolute Gasteiger partial charge is 0.348 e. The van der Waals surface area contributed by atoms with Gasteiger partial charge in [-0.15, -0.1) is 0 Å². The molecule has 1 amide bonds. The van der Waals surface area contributed by atoms with Gasteiger partial charge in [-0.05, 0) is 18.9 Å². The molecule has 3 N–H and O–H groups in total. The number of nitrogens with one attached hydrogen (secondary N) is 1. The fourth-order valence-electron chi connectivity index (χ4n) is 1.59. The van der Waals surface area contributed by atoms with Crippen LogP contribution in [-0.4, -0.2) is 11.9 Å². The zero-order valence-electron chi connectivity index (χ0n) is 9.94. The zero-order chi connectivity index (χ0) is 12.0. The average Bonchev–Trinajstić information content (AvgIpc) is 2.30. The van der Waals surface area contributed by atoms with Crippen LogP contribution in [0.5, 0.6) is 0 Å². The van der Waals surface area contributed by atoms with E-state index < -0.39 is 6.04 Å². The number of carbonyl (C=O) groups excluding carboxylic acids is 1. The molecule has 2 atom stereocenters. The van der Waals surface area contributed by atoms with Crippen LogP contribution < -0.4 is 11.1 Å². The molecular formula is C13H20N2O. The van der Waals surface area contributed by atoms with Crippen molar-refractivity contribution >= 4 is 5.91 Å². The molecule has 16 heavy (non-hydrogen) atoms. The first kappa shape index (κ1) is 12.7. The molecular weight excluding hydrogens is 200 g/mol. The van der Waals surface area contributed by atoms with E-state index in [1.165, 1.54) is 0 Å². The molecule has 0 aliphatic carbocycles. The van der Waals surface area contributed by atoms with Crippen LogP contribution in [0.15, 0.2) is 30.3 Å². The van der Waals surface area contributed by atoms with Crippen LogP contribution in [0.1, 0.15) is 38.3 Å². The molecule has 0 saturated carbocycles. The second-order valence-electron chi connectivity index (χ2n) is 4.04. The summed E-state index contributed by atoms with van der Waals surface area (Å²) in [7, 11) is 0. The van der Waals surface area contributed by atoms with Crippen LogP contribution in [0, 0.1) is 0 Å². The van der Waals surface area contributed by atoms with Gasteiger partial charge in [0.05, 0.1) is 12.1 Å². The van der Waals surface area contributed by atoms with Crippen molar-refractivity contribution in [2.45, 2.75) is 38.8 Å². The van der Waals surface area contributed by atoms with Crippen molar-refractivity contribution in [3.8, 4) is 0 Å². The van der Waals surface area contributed by atoms with Crippen molar-refractivity contribution in [1.82, 2.24) is 5.32 Å². The Bertz CT molecular complexity index is 324. The highest BCUT2D eigenvalue weighted by molar-refractivity contribution is 5.81. The summed E-state index contributed by atoms with van der Waals surface area (Å²) in [5, 5.41) is 2.92. The SMILES string of the molecule is CCC[C@@H](N)C(=O)N[C@H](C)c1ccccc1. The van der Waals surface area contributed by atoms with Gasteiger partial charge in [0.1, 0.15) is 0 Å². The second kappa shape index (κ2) is 6.28. The van der Waals surface area contributed by atoms with E-state index >= 15 is 0 Å². The number of carbonyl (C=O) groups is 1. The molecule has 1 aromatic rings. The molecule has 0 saturated heterocycles. The van der Waals surface area contributed by atoms with Gasteiger partial charge in [-0.1, -0.05) is 43.7 Å². The minimum Gasteiger partial charge on any atom is -0.348 e. The van der Waals surface area contributed by atoms with Crippen molar-refractivity contribution in [2.24, 2.45) is 5.73 Å². The fourth-order valence-corrected chi connectivity index (χ4v) is 1.59.